The van der Waals surface area contributed by atoms with Crippen LogP contribution in [-0.4, -0.2) is 23.9 Å². The Labute approximate surface area is 125 Å². The van der Waals surface area contributed by atoms with Gasteiger partial charge in [0.25, 0.3) is 5.69 Å². The van der Waals surface area contributed by atoms with Gasteiger partial charge in [-0.05, 0) is 17.9 Å². The Hall–Kier alpha value is -1.95. The summed E-state index contributed by atoms with van der Waals surface area (Å²) < 4.78 is 0. The van der Waals surface area contributed by atoms with E-state index in [1.54, 1.807) is 12.1 Å². The number of non-ortho nitro benzene ring substituents is 1. The van der Waals surface area contributed by atoms with Gasteiger partial charge in [-0.3, -0.25) is 14.9 Å². The molecule has 0 aromatic heterocycles. The van der Waals surface area contributed by atoms with E-state index in [0.29, 0.717) is 12.5 Å². The van der Waals surface area contributed by atoms with Crippen LogP contribution >= 0.6 is 0 Å². The van der Waals surface area contributed by atoms with Crippen LogP contribution in [0.25, 0.3) is 0 Å². The second kappa shape index (κ2) is 8.36. The minimum atomic E-state index is -0.411. The number of nitrogens with one attached hydrogen (secondary N) is 2. The van der Waals surface area contributed by atoms with Crippen molar-refractivity contribution in [2.45, 2.75) is 33.2 Å². The number of nitro groups is 1. The molecule has 1 rings (SSSR count). The Kier molecular flexibility index (Phi) is 6.81. The van der Waals surface area contributed by atoms with Crippen LogP contribution in [0, 0.1) is 16.0 Å². The maximum atomic E-state index is 11.7. The number of carbonyl (C=O) groups excluding carboxylic acids is 1. The van der Waals surface area contributed by atoms with Crippen molar-refractivity contribution >= 4 is 11.6 Å². The van der Waals surface area contributed by atoms with Gasteiger partial charge in [0.1, 0.15) is 0 Å². The Morgan fingerprint density at radius 1 is 1.38 bits per heavy atom. The molecule has 2 N–H and O–H groups in total. The van der Waals surface area contributed by atoms with Crippen molar-refractivity contribution in [3.63, 3.8) is 0 Å². The minimum Gasteiger partial charge on any atom is -0.355 e. The third-order valence-corrected chi connectivity index (χ3v) is 3.11. The number of rotatable bonds is 8. The van der Waals surface area contributed by atoms with Gasteiger partial charge in [-0.25, -0.2) is 0 Å². The normalized spacial score (nSPS) is 12.2. The van der Waals surface area contributed by atoms with Gasteiger partial charge in [0.2, 0.25) is 5.91 Å². The van der Waals surface area contributed by atoms with Gasteiger partial charge < -0.3 is 10.6 Å². The maximum absolute atomic E-state index is 11.7. The lowest BCUT2D eigenvalue weighted by atomic mass is 10.0. The summed E-state index contributed by atoms with van der Waals surface area (Å²) in [5.74, 6) is 0.347. The molecule has 0 bridgehead atoms. The first-order valence-electron chi connectivity index (χ1n) is 7.18. The Balaban J connectivity index is 2.60. The first kappa shape index (κ1) is 17.1. The highest BCUT2D eigenvalue weighted by molar-refractivity contribution is 5.78. The zero-order chi connectivity index (χ0) is 15.8. The summed E-state index contributed by atoms with van der Waals surface area (Å²) in [7, 11) is 0. The summed E-state index contributed by atoms with van der Waals surface area (Å²) in [6.45, 7) is 6.89. The van der Waals surface area contributed by atoms with Crippen LogP contribution in [-0.2, 0) is 4.79 Å². The van der Waals surface area contributed by atoms with Crippen LogP contribution in [0.3, 0.4) is 0 Å². The molecule has 1 aromatic carbocycles. The summed E-state index contributed by atoms with van der Waals surface area (Å²) >= 11 is 0. The Bertz CT molecular complexity index is 489. The van der Waals surface area contributed by atoms with E-state index in [0.717, 1.165) is 12.0 Å². The second-order valence-corrected chi connectivity index (χ2v) is 5.39. The number of carbonyl (C=O) groups is 1. The third kappa shape index (κ3) is 5.91. The molecule has 1 atom stereocenters. The van der Waals surface area contributed by atoms with Gasteiger partial charge in [-0.1, -0.05) is 32.9 Å². The smallest absolute Gasteiger partial charge is 0.269 e. The van der Waals surface area contributed by atoms with Gasteiger partial charge in [0.05, 0.1) is 11.5 Å². The largest absolute Gasteiger partial charge is 0.355 e. The van der Waals surface area contributed by atoms with Gasteiger partial charge in [-0.15, -0.1) is 0 Å². The predicted molar refractivity (Wildman–Crippen MR) is 82.0 cm³/mol. The predicted octanol–water partition coefficient (Wildman–Crippen LogP) is 2.41. The van der Waals surface area contributed by atoms with Crippen LogP contribution in [0.1, 0.15) is 38.8 Å². The van der Waals surface area contributed by atoms with Crippen LogP contribution < -0.4 is 10.6 Å². The van der Waals surface area contributed by atoms with E-state index in [1.807, 2.05) is 26.8 Å². The highest BCUT2D eigenvalue weighted by Crippen LogP contribution is 2.21. The Morgan fingerprint density at radius 2 is 2.10 bits per heavy atom. The third-order valence-electron chi connectivity index (χ3n) is 3.11. The fourth-order valence-corrected chi connectivity index (χ4v) is 1.95. The molecule has 0 aliphatic heterocycles. The average Bonchev–Trinajstić information content (AvgIpc) is 2.46. The molecule has 0 radical (unpaired) electrons. The van der Waals surface area contributed by atoms with E-state index in [2.05, 4.69) is 10.6 Å². The van der Waals surface area contributed by atoms with E-state index in [9.17, 15) is 14.9 Å². The zero-order valence-corrected chi connectivity index (χ0v) is 12.8. The first-order valence-corrected chi connectivity index (χ1v) is 7.18. The first-order chi connectivity index (χ1) is 9.93. The number of nitrogens with zero attached hydrogens (tertiary/aromatic N) is 1. The summed E-state index contributed by atoms with van der Waals surface area (Å²) in [6, 6.07) is 6.44. The monoisotopic (exact) mass is 293 g/mol. The van der Waals surface area contributed by atoms with Crippen LogP contribution in [0.5, 0.6) is 0 Å². The van der Waals surface area contributed by atoms with E-state index in [1.165, 1.54) is 6.07 Å². The molecule has 1 aromatic rings. The molecule has 6 heteroatoms. The molecule has 0 aliphatic carbocycles. The lowest BCUT2D eigenvalue weighted by molar-refractivity contribution is -0.384. The summed E-state index contributed by atoms with van der Waals surface area (Å²) in [6.07, 6.45) is 0.749. The fourth-order valence-electron chi connectivity index (χ4n) is 1.95. The average molecular weight is 293 g/mol. The number of nitro benzene ring substituents is 1. The van der Waals surface area contributed by atoms with E-state index in [4.69, 9.17) is 0 Å². The van der Waals surface area contributed by atoms with Crippen LogP contribution in [0.4, 0.5) is 5.69 Å². The number of hydrogen-bond donors (Lipinski definition) is 2. The molecule has 0 aliphatic rings. The van der Waals surface area contributed by atoms with E-state index in [-0.39, 0.29) is 24.2 Å². The highest BCUT2D eigenvalue weighted by Gasteiger charge is 2.14. The van der Waals surface area contributed by atoms with Gasteiger partial charge in [0, 0.05) is 24.7 Å². The van der Waals surface area contributed by atoms with Crippen molar-refractivity contribution < 1.29 is 9.72 Å². The quantitative estimate of drug-likeness (QED) is 0.569. The SMILES string of the molecule is CCC(NCC(=O)NCC(C)C)c1cccc([N+](=O)[O-])c1. The van der Waals surface area contributed by atoms with Crippen LogP contribution in [0.2, 0.25) is 0 Å². The number of hydrogen-bond acceptors (Lipinski definition) is 4. The number of benzene rings is 1. The molecule has 6 nitrogen and oxygen atoms in total. The molecule has 116 valence electrons. The standard InChI is InChI=1S/C15H23N3O3/c1-4-14(16-10-15(19)17-9-11(2)3)12-6-5-7-13(8-12)18(20)21/h5-8,11,14,16H,4,9-10H2,1-3H3,(H,17,19). The van der Waals surface area contributed by atoms with Crippen molar-refractivity contribution in [1.29, 1.82) is 0 Å². The van der Waals surface area contributed by atoms with Gasteiger partial charge in [-0.2, -0.15) is 0 Å². The lowest BCUT2D eigenvalue weighted by Gasteiger charge is -2.17. The molecule has 0 saturated carbocycles. The minimum absolute atomic E-state index is 0.0624. The zero-order valence-electron chi connectivity index (χ0n) is 12.8. The molecular formula is C15H23N3O3. The van der Waals surface area contributed by atoms with Crippen molar-refractivity contribution in [1.82, 2.24) is 10.6 Å². The fraction of sp³-hybridized carbons (Fsp3) is 0.533. The maximum Gasteiger partial charge on any atom is 0.269 e. The van der Waals surface area contributed by atoms with Gasteiger partial charge in [0.15, 0.2) is 0 Å². The Morgan fingerprint density at radius 3 is 2.67 bits per heavy atom. The molecule has 0 spiro atoms. The molecule has 0 saturated heterocycles. The van der Waals surface area contributed by atoms with Crippen molar-refractivity contribution in [3.8, 4) is 0 Å². The molecular weight excluding hydrogens is 270 g/mol. The molecule has 21 heavy (non-hydrogen) atoms. The molecule has 0 fully saturated rings. The van der Waals surface area contributed by atoms with Crippen LogP contribution in [0.15, 0.2) is 24.3 Å². The van der Waals surface area contributed by atoms with Crippen molar-refractivity contribution in [3.05, 3.63) is 39.9 Å². The highest BCUT2D eigenvalue weighted by atomic mass is 16.6. The summed E-state index contributed by atoms with van der Waals surface area (Å²) in [5, 5.41) is 16.8. The molecule has 1 unspecified atom stereocenters. The lowest BCUT2D eigenvalue weighted by Crippen LogP contribution is -2.37. The number of amides is 1. The van der Waals surface area contributed by atoms with Crippen molar-refractivity contribution in [2.75, 3.05) is 13.1 Å². The molecule has 1 amide bonds. The summed E-state index contributed by atoms with van der Waals surface area (Å²) in [5.41, 5.74) is 0.889. The van der Waals surface area contributed by atoms with E-state index < -0.39 is 4.92 Å². The molecule has 0 heterocycles. The topological polar surface area (TPSA) is 84.3 Å². The summed E-state index contributed by atoms with van der Waals surface area (Å²) in [4.78, 5) is 22.1. The van der Waals surface area contributed by atoms with Crippen molar-refractivity contribution in [2.24, 2.45) is 5.92 Å². The second-order valence-electron chi connectivity index (χ2n) is 5.39. The van der Waals surface area contributed by atoms with E-state index >= 15 is 0 Å². The van der Waals surface area contributed by atoms with Gasteiger partial charge >= 0.3 is 0 Å².